The summed E-state index contributed by atoms with van der Waals surface area (Å²) in [5.74, 6) is -0.850. The molecule has 2 rings (SSSR count). The number of nitrogens with zero attached hydrogens (tertiary/aromatic N) is 3. The lowest BCUT2D eigenvalue weighted by Crippen LogP contribution is -2.53. The molecule has 186 valence electrons. The smallest absolute Gasteiger partial charge is 0.304 e. The SMILES string of the molecule is CC[C@H](C)NC(=O)[C@@H](C)N(Cc1ccccc1Cl)C(=O)CN(c1ccccc1)S(=O)(=O)N(C)C. The number of anilines is 1. The van der Waals surface area contributed by atoms with Crippen molar-refractivity contribution in [1.29, 1.82) is 0 Å². The van der Waals surface area contributed by atoms with E-state index in [-0.39, 0.29) is 18.5 Å². The van der Waals surface area contributed by atoms with Gasteiger partial charge in [0.15, 0.2) is 0 Å². The van der Waals surface area contributed by atoms with Gasteiger partial charge < -0.3 is 10.2 Å². The van der Waals surface area contributed by atoms with Crippen LogP contribution in [-0.2, 0) is 26.3 Å². The zero-order valence-electron chi connectivity index (χ0n) is 20.2. The van der Waals surface area contributed by atoms with Crippen LogP contribution in [0.3, 0.4) is 0 Å². The lowest BCUT2D eigenvalue weighted by atomic mass is 10.1. The summed E-state index contributed by atoms with van der Waals surface area (Å²) in [7, 11) is -1.17. The number of hydrogen-bond acceptors (Lipinski definition) is 4. The molecule has 0 fully saturated rings. The number of rotatable bonds is 11. The molecule has 0 unspecified atom stereocenters. The molecule has 0 saturated heterocycles. The van der Waals surface area contributed by atoms with Gasteiger partial charge in [-0.3, -0.25) is 9.59 Å². The van der Waals surface area contributed by atoms with E-state index in [1.807, 2.05) is 13.8 Å². The molecule has 0 aromatic heterocycles. The predicted octanol–water partition coefficient (Wildman–Crippen LogP) is 3.28. The van der Waals surface area contributed by atoms with Gasteiger partial charge in [-0.2, -0.15) is 12.7 Å². The largest absolute Gasteiger partial charge is 0.352 e. The first-order chi connectivity index (χ1) is 16.0. The summed E-state index contributed by atoms with van der Waals surface area (Å²) in [5.41, 5.74) is 1.00. The van der Waals surface area contributed by atoms with Gasteiger partial charge in [-0.05, 0) is 44.0 Å². The highest BCUT2D eigenvalue weighted by atomic mass is 35.5. The van der Waals surface area contributed by atoms with Crippen LogP contribution in [0.2, 0.25) is 5.02 Å². The maximum atomic E-state index is 13.6. The lowest BCUT2D eigenvalue weighted by Gasteiger charge is -2.33. The maximum absolute atomic E-state index is 13.6. The van der Waals surface area contributed by atoms with Crippen LogP contribution in [0.25, 0.3) is 0 Å². The maximum Gasteiger partial charge on any atom is 0.304 e. The monoisotopic (exact) mass is 508 g/mol. The van der Waals surface area contributed by atoms with Crippen molar-refractivity contribution in [3.8, 4) is 0 Å². The number of nitrogens with one attached hydrogen (secondary N) is 1. The van der Waals surface area contributed by atoms with Crippen LogP contribution in [-0.4, -0.2) is 62.2 Å². The Morgan fingerprint density at radius 1 is 1.00 bits per heavy atom. The molecule has 2 amide bonds. The Hall–Kier alpha value is -2.62. The molecule has 1 N–H and O–H groups in total. The molecule has 8 nitrogen and oxygen atoms in total. The van der Waals surface area contributed by atoms with E-state index >= 15 is 0 Å². The molecule has 2 aromatic rings. The number of amides is 2. The first kappa shape index (κ1) is 27.6. The van der Waals surface area contributed by atoms with Crippen LogP contribution < -0.4 is 9.62 Å². The molecular weight excluding hydrogens is 476 g/mol. The number of carbonyl (C=O) groups excluding carboxylic acids is 2. The first-order valence-electron chi connectivity index (χ1n) is 11.1. The Morgan fingerprint density at radius 3 is 2.15 bits per heavy atom. The van der Waals surface area contributed by atoms with Crippen LogP contribution in [0, 0.1) is 0 Å². The molecule has 0 aliphatic heterocycles. The van der Waals surface area contributed by atoms with Gasteiger partial charge in [0.2, 0.25) is 11.8 Å². The molecule has 0 saturated carbocycles. The number of carbonyl (C=O) groups is 2. The third kappa shape index (κ3) is 6.94. The molecule has 0 aliphatic carbocycles. The van der Waals surface area contributed by atoms with Gasteiger partial charge in [-0.25, -0.2) is 4.31 Å². The van der Waals surface area contributed by atoms with E-state index in [0.29, 0.717) is 16.3 Å². The summed E-state index contributed by atoms with van der Waals surface area (Å²) >= 11 is 6.33. The predicted molar refractivity (Wildman–Crippen MR) is 136 cm³/mol. The second-order valence-corrected chi connectivity index (χ2v) is 10.7. The van der Waals surface area contributed by atoms with Crippen LogP contribution in [0.15, 0.2) is 54.6 Å². The van der Waals surface area contributed by atoms with E-state index in [2.05, 4.69) is 5.32 Å². The summed E-state index contributed by atoms with van der Waals surface area (Å²) in [4.78, 5) is 27.9. The number of benzene rings is 2. The van der Waals surface area contributed by atoms with Gasteiger partial charge >= 0.3 is 10.2 Å². The van der Waals surface area contributed by atoms with Crippen molar-refractivity contribution in [3.63, 3.8) is 0 Å². The zero-order valence-corrected chi connectivity index (χ0v) is 21.8. The van der Waals surface area contributed by atoms with Gasteiger partial charge in [-0.1, -0.05) is 54.9 Å². The van der Waals surface area contributed by atoms with E-state index in [4.69, 9.17) is 11.6 Å². The normalized spacial score (nSPS) is 13.3. The fourth-order valence-electron chi connectivity index (χ4n) is 3.17. The quantitative estimate of drug-likeness (QED) is 0.504. The Balaban J connectivity index is 2.43. The third-order valence-electron chi connectivity index (χ3n) is 5.53. The Kier molecular flexibility index (Phi) is 9.90. The topological polar surface area (TPSA) is 90.0 Å². The average molecular weight is 509 g/mol. The van der Waals surface area contributed by atoms with E-state index in [0.717, 1.165) is 15.0 Å². The van der Waals surface area contributed by atoms with Crippen molar-refractivity contribution >= 4 is 39.3 Å². The summed E-state index contributed by atoms with van der Waals surface area (Å²) in [6, 6.07) is 14.5. The van der Waals surface area contributed by atoms with Crippen LogP contribution in [0.1, 0.15) is 32.8 Å². The van der Waals surface area contributed by atoms with Crippen LogP contribution in [0.5, 0.6) is 0 Å². The second-order valence-electron chi connectivity index (χ2n) is 8.24. The Bertz CT molecular complexity index is 1080. The van der Waals surface area contributed by atoms with E-state index < -0.39 is 28.7 Å². The van der Waals surface area contributed by atoms with Crippen LogP contribution >= 0.6 is 11.6 Å². The minimum absolute atomic E-state index is 0.0538. The van der Waals surface area contributed by atoms with Crippen molar-refractivity contribution in [2.45, 2.75) is 45.8 Å². The van der Waals surface area contributed by atoms with Crippen molar-refractivity contribution in [2.24, 2.45) is 0 Å². The minimum Gasteiger partial charge on any atom is -0.352 e. The van der Waals surface area contributed by atoms with Crippen LogP contribution in [0.4, 0.5) is 5.69 Å². The summed E-state index contributed by atoms with van der Waals surface area (Å²) < 4.78 is 28.2. The average Bonchev–Trinajstić information content (AvgIpc) is 2.81. The fourth-order valence-corrected chi connectivity index (χ4v) is 4.42. The van der Waals surface area contributed by atoms with E-state index in [1.165, 1.54) is 19.0 Å². The minimum atomic E-state index is -3.98. The van der Waals surface area contributed by atoms with Crippen molar-refractivity contribution < 1.29 is 18.0 Å². The molecule has 0 bridgehead atoms. The number of para-hydroxylation sites is 1. The zero-order chi connectivity index (χ0) is 25.5. The molecule has 2 atom stereocenters. The highest BCUT2D eigenvalue weighted by Gasteiger charge is 2.33. The molecule has 34 heavy (non-hydrogen) atoms. The van der Waals surface area contributed by atoms with Gasteiger partial charge in [0.05, 0.1) is 5.69 Å². The number of hydrogen-bond donors (Lipinski definition) is 1. The standard InChI is InChI=1S/C24H33ClN4O4S/c1-6-18(2)26-24(31)19(3)28(16-20-12-10-11-15-22(20)25)23(30)17-29(34(32,33)27(4)5)21-13-8-7-9-14-21/h7-15,18-19H,6,16-17H2,1-5H3,(H,26,31)/t18-,19+/m0/s1. The Morgan fingerprint density at radius 2 is 1.59 bits per heavy atom. The molecule has 10 heteroatoms. The van der Waals surface area contributed by atoms with Crippen molar-refractivity contribution in [2.75, 3.05) is 24.9 Å². The highest BCUT2D eigenvalue weighted by Crippen LogP contribution is 2.22. The second kappa shape index (κ2) is 12.2. The molecule has 0 spiro atoms. The van der Waals surface area contributed by atoms with E-state index in [1.54, 1.807) is 61.5 Å². The fraction of sp³-hybridized carbons (Fsp3) is 0.417. The molecular formula is C24H33ClN4O4S. The van der Waals surface area contributed by atoms with E-state index in [9.17, 15) is 18.0 Å². The molecule has 0 heterocycles. The van der Waals surface area contributed by atoms with Gasteiger partial charge in [0.1, 0.15) is 12.6 Å². The van der Waals surface area contributed by atoms with Gasteiger partial charge in [-0.15, -0.1) is 0 Å². The third-order valence-corrected chi connectivity index (χ3v) is 7.72. The van der Waals surface area contributed by atoms with Gasteiger partial charge in [0.25, 0.3) is 0 Å². The van der Waals surface area contributed by atoms with Gasteiger partial charge in [0, 0.05) is 31.7 Å². The van der Waals surface area contributed by atoms with Crippen molar-refractivity contribution in [1.82, 2.24) is 14.5 Å². The summed E-state index contributed by atoms with van der Waals surface area (Å²) in [6.07, 6.45) is 0.736. The highest BCUT2D eigenvalue weighted by molar-refractivity contribution is 7.90. The summed E-state index contributed by atoms with van der Waals surface area (Å²) in [6.45, 7) is 5.03. The Labute approximate surface area is 207 Å². The molecule has 0 radical (unpaired) electrons. The summed E-state index contributed by atoms with van der Waals surface area (Å²) in [5, 5.41) is 3.35. The van der Waals surface area contributed by atoms with Crippen molar-refractivity contribution in [3.05, 3.63) is 65.2 Å². The molecule has 2 aromatic carbocycles. The first-order valence-corrected chi connectivity index (χ1v) is 12.8. The lowest BCUT2D eigenvalue weighted by molar-refractivity contribution is -0.139. The molecule has 0 aliphatic rings. The number of halogens is 1.